The van der Waals surface area contributed by atoms with Crippen LogP contribution in [0.4, 0.5) is 0 Å². The van der Waals surface area contributed by atoms with E-state index in [4.69, 9.17) is 16.6 Å². The van der Waals surface area contributed by atoms with Gasteiger partial charge in [0, 0.05) is 43.4 Å². The first-order valence-corrected chi connectivity index (χ1v) is 15.2. The van der Waals surface area contributed by atoms with E-state index in [1.807, 2.05) is 4.90 Å². The molecule has 2 atom stereocenters. The number of nitrogens with one attached hydrogen (secondary N) is 4. The average Bonchev–Trinajstić information content (AvgIpc) is 3.12. The number of guanidine groups is 1. The van der Waals surface area contributed by atoms with E-state index in [9.17, 15) is 24.0 Å². The van der Waals surface area contributed by atoms with Crippen molar-refractivity contribution >= 4 is 69.8 Å². The summed E-state index contributed by atoms with van der Waals surface area (Å²) in [6.07, 6.45) is 0.778. The molecule has 1 rings (SSSR count). The van der Waals surface area contributed by atoms with Crippen molar-refractivity contribution in [1.29, 1.82) is 0 Å². The van der Waals surface area contributed by atoms with Crippen molar-refractivity contribution in [3.8, 4) is 0 Å². The average molecular weight is 595 g/mol. The summed E-state index contributed by atoms with van der Waals surface area (Å²) >= 11 is 3.97. The molecular formula is C21H38N8O6S3. The van der Waals surface area contributed by atoms with Crippen molar-refractivity contribution in [3.63, 3.8) is 0 Å². The Morgan fingerprint density at radius 3 is 2.18 bits per heavy atom. The van der Waals surface area contributed by atoms with Crippen LogP contribution < -0.4 is 32.7 Å². The topological polar surface area (TPSA) is 221 Å². The largest absolute Gasteiger partial charge is 0.481 e. The molecule has 17 heteroatoms. The van der Waals surface area contributed by atoms with Crippen LogP contribution in [0.25, 0.3) is 0 Å². The fourth-order valence-corrected chi connectivity index (χ4v) is 5.49. The van der Waals surface area contributed by atoms with Crippen LogP contribution in [0, 0.1) is 0 Å². The number of hydrogen-bond acceptors (Lipinski definition) is 10. The summed E-state index contributed by atoms with van der Waals surface area (Å²) in [5.41, 5.74) is 10.6. The van der Waals surface area contributed by atoms with E-state index in [-0.39, 0.29) is 25.0 Å². The Labute approximate surface area is 235 Å². The first-order valence-electron chi connectivity index (χ1n) is 12.1. The van der Waals surface area contributed by atoms with Gasteiger partial charge in [0.1, 0.15) is 12.1 Å². The molecule has 0 radical (unpaired) electrons. The van der Waals surface area contributed by atoms with Gasteiger partial charge in [0.25, 0.3) is 0 Å². The third-order valence-corrected chi connectivity index (χ3v) is 7.73. The Hall–Kier alpha value is -2.37. The molecule has 0 aromatic rings. The minimum atomic E-state index is -1.31. The van der Waals surface area contributed by atoms with Gasteiger partial charge in [-0.15, -0.1) is 0 Å². The van der Waals surface area contributed by atoms with Gasteiger partial charge in [-0.25, -0.2) is 0 Å². The first-order chi connectivity index (χ1) is 18.1. The maximum atomic E-state index is 12.9. The molecule has 1 heterocycles. The maximum absolute atomic E-state index is 12.9. The molecule has 216 valence electrons. The number of rotatable bonds is 17. The quantitative estimate of drug-likeness (QED) is 0.0295. The molecule has 14 nitrogen and oxygen atoms in total. The van der Waals surface area contributed by atoms with Crippen molar-refractivity contribution in [1.82, 2.24) is 26.2 Å². The zero-order chi connectivity index (χ0) is 28.3. The van der Waals surface area contributed by atoms with E-state index in [0.29, 0.717) is 31.6 Å². The van der Waals surface area contributed by atoms with E-state index in [2.05, 4.69) is 38.9 Å². The predicted octanol–water partition coefficient (Wildman–Crippen LogP) is -2.27. The third kappa shape index (κ3) is 15.8. The van der Waals surface area contributed by atoms with Crippen molar-refractivity contribution in [2.24, 2.45) is 16.5 Å². The SMILES string of the molecule is NC(N)=NCCCC[C@H](NC(=O)CN1CCSSCC1)C(=O)NCC(=O)N[C@@H](CC(=O)O)C(=O)NCCS. The number of hydrogen-bond donors (Lipinski definition) is 8. The number of carbonyl (C=O) groups excluding carboxylic acids is 4. The van der Waals surface area contributed by atoms with Crippen molar-refractivity contribution in [3.05, 3.63) is 0 Å². The van der Waals surface area contributed by atoms with Crippen molar-refractivity contribution in [2.45, 2.75) is 37.8 Å². The van der Waals surface area contributed by atoms with Crippen LogP contribution in [0.15, 0.2) is 4.99 Å². The second kappa shape index (κ2) is 19.7. The highest BCUT2D eigenvalue weighted by atomic mass is 33.1. The summed E-state index contributed by atoms with van der Waals surface area (Å²) in [4.78, 5) is 67.1. The van der Waals surface area contributed by atoms with Gasteiger partial charge in [0.2, 0.25) is 23.6 Å². The molecule has 9 N–H and O–H groups in total. The van der Waals surface area contributed by atoms with E-state index in [1.165, 1.54) is 0 Å². The Morgan fingerprint density at radius 2 is 1.58 bits per heavy atom. The summed E-state index contributed by atoms with van der Waals surface area (Å²) in [5.74, 6) is -1.47. The van der Waals surface area contributed by atoms with E-state index in [1.54, 1.807) is 21.6 Å². The number of aliphatic imine (C=N–C) groups is 1. The van der Waals surface area contributed by atoms with Crippen LogP contribution in [-0.2, 0) is 24.0 Å². The third-order valence-electron chi connectivity index (χ3n) is 5.14. The zero-order valence-electron chi connectivity index (χ0n) is 21.1. The van der Waals surface area contributed by atoms with Gasteiger partial charge in [-0.05, 0) is 19.3 Å². The lowest BCUT2D eigenvalue weighted by molar-refractivity contribution is -0.140. The van der Waals surface area contributed by atoms with Gasteiger partial charge in [-0.1, -0.05) is 21.6 Å². The highest BCUT2D eigenvalue weighted by Gasteiger charge is 2.25. The molecule has 1 aliphatic rings. The number of carboxylic acid groups (broad SMARTS) is 1. The van der Waals surface area contributed by atoms with Crippen molar-refractivity contribution in [2.75, 3.05) is 56.5 Å². The van der Waals surface area contributed by atoms with Gasteiger partial charge in [0.15, 0.2) is 5.96 Å². The van der Waals surface area contributed by atoms with E-state index < -0.39 is 48.7 Å². The number of amides is 4. The summed E-state index contributed by atoms with van der Waals surface area (Å²) in [7, 11) is 3.51. The lowest BCUT2D eigenvalue weighted by Crippen LogP contribution is -2.53. The number of unbranched alkanes of at least 4 members (excludes halogenated alkanes) is 1. The first kappa shape index (κ1) is 33.7. The normalized spacial score (nSPS) is 15.3. The molecule has 0 aliphatic carbocycles. The van der Waals surface area contributed by atoms with Gasteiger partial charge < -0.3 is 37.8 Å². The van der Waals surface area contributed by atoms with E-state index in [0.717, 1.165) is 24.6 Å². The number of aliphatic carboxylic acids is 1. The molecular weight excluding hydrogens is 556 g/mol. The number of carboxylic acids is 1. The second-order valence-electron chi connectivity index (χ2n) is 8.29. The molecule has 0 unspecified atom stereocenters. The summed E-state index contributed by atoms with van der Waals surface area (Å²) < 4.78 is 0. The highest BCUT2D eigenvalue weighted by molar-refractivity contribution is 8.76. The Balaban J connectivity index is 2.70. The molecule has 1 aliphatic heterocycles. The maximum Gasteiger partial charge on any atom is 0.305 e. The molecule has 4 amide bonds. The fourth-order valence-electron chi connectivity index (χ4n) is 3.32. The molecule has 0 aromatic heterocycles. The Kier molecular flexibility index (Phi) is 17.4. The number of thiol groups is 1. The van der Waals surface area contributed by atoms with Crippen LogP contribution in [-0.4, -0.2) is 114 Å². The zero-order valence-corrected chi connectivity index (χ0v) is 23.7. The smallest absolute Gasteiger partial charge is 0.305 e. The van der Waals surface area contributed by atoms with Gasteiger partial charge in [-0.3, -0.25) is 33.9 Å². The minimum absolute atomic E-state index is 0.0344. The summed E-state index contributed by atoms with van der Waals surface area (Å²) in [6.45, 7) is 1.74. The van der Waals surface area contributed by atoms with Crippen LogP contribution >= 0.6 is 34.2 Å². The van der Waals surface area contributed by atoms with E-state index >= 15 is 0 Å². The monoisotopic (exact) mass is 594 g/mol. The molecule has 0 bridgehead atoms. The number of carbonyl (C=O) groups is 5. The Bertz CT molecular complexity index is 823. The van der Waals surface area contributed by atoms with Gasteiger partial charge in [0.05, 0.1) is 19.5 Å². The summed E-state index contributed by atoms with van der Waals surface area (Å²) in [5, 5.41) is 19.0. The fraction of sp³-hybridized carbons (Fsp3) is 0.714. The van der Waals surface area contributed by atoms with Crippen molar-refractivity contribution < 1.29 is 29.1 Å². The van der Waals surface area contributed by atoms with Crippen LogP contribution in [0.2, 0.25) is 0 Å². The van der Waals surface area contributed by atoms with Crippen LogP contribution in [0.1, 0.15) is 25.7 Å². The lowest BCUT2D eigenvalue weighted by atomic mass is 10.1. The molecule has 1 fully saturated rings. The molecule has 0 spiro atoms. The second-order valence-corrected chi connectivity index (χ2v) is 11.4. The minimum Gasteiger partial charge on any atom is -0.481 e. The molecule has 0 saturated carbocycles. The predicted molar refractivity (Wildman–Crippen MR) is 152 cm³/mol. The van der Waals surface area contributed by atoms with Gasteiger partial charge >= 0.3 is 5.97 Å². The van der Waals surface area contributed by atoms with Crippen LogP contribution in [0.3, 0.4) is 0 Å². The number of nitrogens with zero attached hydrogens (tertiary/aromatic N) is 2. The molecule has 0 aromatic carbocycles. The van der Waals surface area contributed by atoms with Gasteiger partial charge in [-0.2, -0.15) is 12.6 Å². The lowest BCUT2D eigenvalue weighted by Gasteiger charge is -2.22. The molecule has 38 heavy (non-hydrogen) atoms. The summed E-state index contributed by atoms with van der Waals surface area (Å²) in [6, 6.07) is -2.22. The molecule has 1 saturated heterocycles. The highest BCUT2D eigenvalue weighted by Crippen LogP contribution is 2.23. The standard InChI is InChI=1S/C21H38N8O6S3/c22-21(23)25-4-2-1-3-14(27-17(31)13-29-6-9-37-38-10-7-29)19(34)26-12-16(30)28-15(11-18(32)33)20(35)24-5-8-36/h14-15,36H,1-13H2,(H,24,35)(H,26,34)(H,27,31)(H,28,30)(H,32,33)(H4,22,23,25)/t14-,15-/m0/s1. The number of nitrogens with two attached hydrogens (primary N) is 2. The Morgan fingerprint density at radius 1 is 0.947 bits per heavy atom. The van der Waals surface area contributed by atoms with Crippen LogP contribution in [0.5, 0.6) is 0 Å².